The van der Waals surface area contributed by atoms with Gasteiger partial charge in [0.2, 0.25) is 0 Å². The van der Waals surface area contributed by atoms with Gasteiger partial charge >= 0.3 is 0 Å². The predicted octanol–water partition coefficient (Wildman–Crippen LogP) is 0.891. The molecule has 102 valence electrons. The lowest BCUT2D eigenvalue weighted by atomic mass is 9.49. The SMILES string of the molecule is CC(=O)[C@@H]1[C@@H](O)CC[C@@]23O[C@@H]2[C@@H](O)C[C@@H](C)[C@]13C. The monoisotopic (exact) mass is 254 g/mol. The number of epoxide rings is 1. The summed E-state index contributed by atoms with van der Waals surface area (Å²) in [6.45, 7) is 5.70. The average Bonchev–Trinajstić information content (AvgIpc) is 2.99. The topological polar surface area (TPSA) is 70.1 Å². The van der Waals surface area contributed by atoms with E-state index in [9.17, 15) is 15.0 Å². The van der Waals surface area contributed by atoms with Crippen LogP contribution < -0.4 is 0 Å². The van der Waals surface area contributed by atoms with Crippen LogP contribution in [0.3, 0.4) is 0 Å². The van der Waals surface area contributed by atoms with E-state index in [1.807, 2.05) is 0 Å². The first-order valence-corrected chi connectivity index (χ1v) is 6.89. The van der Waals surface area contributed by atoms with Crippen molar-refractivity contribution in [3.8, 4) is 0 Å². The fourth-order valence-corrected chi connectivity index (χ4v) is 4.83. The average molecular weight is 254 g/mol. The standard InChI is InChI=1S/C14H22O4/c1-7-6-10(17)12-14(18-12)5-4-9(16)11(8(2)15)13(7,14)3/h7,9-12,16-17H,4-6H2,1-3H3/t7-,9+,10+,11-,12-,13-,14-/m1/s1. The van der Waals surface area contributed by atoms with E-state index in [0.29, 0.717) is 12.8 Å². The van der Waals surface area contributed by atoms with Crippen molar-refractivity contribution in [1.29, 1.82) is 0 Å². The quantitative estimate of drug-likeness (QED) is 0.682. The number of aliphatic hydroxyl groups excluding tert-OH is 2. The van der Waals surface area contributed by atoms with Crippen molar-refractivity contribution in [2.45, 2.75) is 63.9 Å². The van der Waals surface area contributed by atoms with Crippen LogP contribution >= 0.6 is 0 Å². The van der Waals surface area contributed by atoms with Gasteiger partial charge in [0, 0.05) is 5.41 Å². The molecule has 18 heavy (non-hydrogen) atoms. The minimum atomic E-state index is -0.569. The molecule has 1 spiro atoms. The third-order valence-electron chi connectivity index (χ3n) is 5.90. The summed E-state index contributed by atoms with van der Waals surface area (Å²) < 4.78 is 5.87. The molecular weight excluding hydrogens is 232 g/mol. The van der Waals surface area contributed by atoms with Gasteiger partial charge in [-0.1, -0.05) is 13.8 Å². The van der Waals surface area contributed by atoms with Crippen molar-refractivity contribution in [3.63, 3.8) is 0 Å². The van der Waals surface area contributed by atoms with Crippen LogP contribution in [0.4, 0.5) is 0 Å². The smallest absolute Gasteiger partial charge is 0.136 e. The molecule has 3 aliphatic rings. The molecule has 0 aromatic carbocycles. The normalized spacial score (nSPS) is 58.6. The molecule has 1 saturated heterocycles. The van der Waals surface area contributed by atoms with Gasteiger partial charge in [-0.3, -0.25) is 4.79 Å². The molecule has 1 aliphatic heterocycles. The summed E-state index contributed by atoms with van der Waals surface area (Å²) >= 11 is 0. The highest BCUT2D eigenvalue weighted by Crippen LogP contribution is 2.68. The van der Waals surface area contributed by atoms with E-state index >= 15 is 0 Å². The van der Waals surface area contributed by atoms with E-state index in [4.69, 9.17) is 4.74 Å². The van der Waals surface area contributed by atoms with E-state index in [1.54, 1.807) is 6.92 Å². The van der Waals surface area contributed by atoms with Gasteiger partial charge < -0.3 is 14.9 Å². The van der Waals surface area contributed by atoms with Gasteiger partial charge in [0.1, 0.15) is 17.5 Å². The highest BCUT2D eigenvalue weighted by Gasteiger charge is 2.77. The van der Waals surface area contributed by atoms with E-state index < -0.39 is 12.2 Å². The largest absolute Gasteiger partial charge is 0.392 e. The number of ether oxygens (including phenoxy) is 1. The molecule has 3 rings (SSSR count). The Labute approximate surface area is 107 Å². The van der Waals surface area contributed by atoms with Crippen LogP contribution in [0, 0.1) is 17.3 Å². The number of aliphatic hydroxyl groups is 2. The van der Waals surface area contributed by atoms with Crippen molar-refractivity contribution < 1.29 is 19.7 Å². The third-order valence-corrected chi connectivity index (χ3v) is 5.90. The fourth-order valence-electron chi connectivity index (χ4n) is 4.83. The van der Waals surface area contributed by atoms with Crippen LogP contribution in [0.1, 0.15) is 40.0 Å². The molecule has 4 nitrogen and oxygen atoms in total. The van der Waals surface area contributed by atoms with Gasteiger partial charge in [-0.25, -0.2) is 0 Å². The Balaban J connectivity index is 2.05. The molecule has 0 aromatic rings. The maximum absolute atomic E-state index is 12.0. The minimum Gasteiger partial charge on any atom is -0.392 e. The Morgan fingerprint density at radius 2 is 2.00 bits per heavy atom. The molecule has 3 fully saturated rings. The van der Waals surface area contributed by atoms with Gasteiger partial charge in [0.25, 0.3) is 0 Å². The third kappa shape index (κ3) is 1.24. The van der Waals surface area contributed by atoms with E-state index in [-0.39, 0.29) is 34.7 Å². The van der Waals surface area contributed by atoms with Gasteiger partial charge in [-0.2, -0.15) is 0 Å². The summed E-state index contributed by atoms with van der Waals surface area (Å²) in [5.74, 6) is -0.143. The van der Waals surface area contributed by atoms with Gasteiger partial charge in [0.05, 0.1) is 18.1 Å². The van der Waals surface area contributed by atoms with Gasteiger partial charge in [0.15, 0.2) is 0 Å². The first-order valence-electron chi connectivity index (χ1n) is 6.89. The maximum Gasteiger partial charge on any atom is 0.136 e. The number of carbonyl (C=O) groups excluding carboxylic acids is 1. The molecule has 0 aromatic heterocycles. The number of carbonyl (C=O) groups is 1. The lowest BCUT2D eigenvalue weighted by Crippen LogP contribution is -2.61. The second-order valence-corrected chi connectivity index (χ2v) is 6.61. The Kier molecular flexibility index (Phi) is 2.48. The zero-order chi connectivity index (χ0) is 13.3. The van der Waals surface area contributed by atoms with Crippen molar-refractivity contribution >= 4 is 5.78 Å². The Hall–Kier alpha value is -0.450. The Morgan fingerprint density at radius 3 is 2.61 bits per heavy atom. The number of rotatable bonds is 1. The molecule has 0 unspecified atom stereocenters. The summed E-state index contributed by atoms with van der Waals surface area (Å²) in [6, 6.07) is 0. The molecule has 0 radical (unpaired) electrons. The van der Waals surface area contributed by atoms with E-state index in [2.05, 4.69) is 13.8 Å². The highest BCUT2D eigenvalue weighted by atomic mass is 16.6. The number of Topliss-reactive ketones (excluding diaryl/α,β-unsaturated/α-hetero) is 1. The van der Waals surface area contributed by atoms with Crippen molar-refractivity contribution in [2.24, 2.45) is 17.3 Å². The Morgan fingerprint density at radius 1 is 1.33 bits per heavy atom. The lowest BCUT2D eigenvalue weighted by molar-refractivity contribution is -0.151. The second-order valence-electron chi connectivity index (χ2n) is 6.61. The molecular formula is C14H22O4. The molecule has 7 atom stereocenters. The molecule has 0 amide bonds. The van der Waals surface area contributed by atoms with Crippen molar-refractivity contribution in [3.05, 3.63) is 0 Å². The molecule has 4 heteroatoms. The lowest BCUT2D eigenvalue weighted by Gasteiger charge is -2.53. The molecule has 2 N–H and O–H groups in total. The van der Waals surface area contributed by atoms with E-state index in [1.165, 1.54) is 0 Å². The second kappa shape index (κ2) is 3.56. The number of ketones is 1. The Bertz CT molecular complexity index is 395. The van der Waals surface area contributed by atoms with Crippen molar-refractivity contribution in [1.82, 2.24) is 0 Å². The summed E-state index contributed by atoms with van der Waals surface area (Å²) in [5.41, 5.74) is -0.722. The first kappa shape index (κ1) is 12.6. The highest BCUT2D eigenvalue weighted by molar-refractivity contribution is 5.80. The van der Waals surface area contributed by atoms with Crippen LogP contribution in [0.25, 0.3) is 0 Å². The molecule has 1 heterocycles. The van der Waals surface area contributed by atoms with Crippen LogP contribution in [-0.2, 0) is 9.53 Å². The summed E-state index contributed by atoms with van der Waals surface area (Å²) in [4.78, 5) is 12.0. The number of hydrogen-bond donors (Lipinski definition) is 2. The zero-order valence-electron chi connectivity index (χ0n) is 11.2. The molecule has 2 aliphatic carbocycles. The number of hydrogen-bond acceptors (Lipinski definition) is 4. The van der Waals surface area contributed by atoms with E-state index in [0.717, 1.165) is 6.42 Å². The van der Waals surface area contributed by atoms with Crippen LogP contribution in [-0.4, -0.2) is 39.9 Å². The van der Waals surface area contributed by atoms with Crippen molar-refractivity contribution in [2.75, 3.05) is 0 Å². The zero-order valence-corrected chi connectivity index (χ0v) is 11.2. The fraction of sp³-hybridized carbons (Fsp3) is 0.929. The molecule has 0 bridgehead atoms. The van der Waals surface area contributed by atoms with Crippen LogP contribution in [0.15, 0.2) is 0 Å². The van der Waals surface area contributed by atoms with Crippen LogP contribution in [0.2, 0.25) is 0 Å². The summed E-state index contributed by atoms with van der Waals surface area (Å²) in [5, 5.41) is 20.3. The van der Waals surface area contributed by atoms with Gasteiger partial charge in [-0.05, 0) is 32.1 Å². The minimum absolute atomic E-state index is 0.0431. The molecule has 2 saturated carbocycles. The maximum atomic E-state index is 12.0. The summed E-state index contributed by atoms with van der Waals surface area (Å²) in [6.07, 6.45) is 0.875. The predicted molar refractivity (Wildman–Crippen MR) is 64.9 cm³/mol. The first-order chi connectivity index (χ1) is 8.34. The summed E-state index contributed by atoms with van der Waals surface area (Å²) in [7, 11) is 0. The van der Waals surface area contributed by atoms with Crippen LogP contribution in [0.5, 0.6) is 0 Å². The van der Waals surface area contributed by atoms with Gasteiger partial charge in [-0.15, -0.1) is 0 Å².